The number of carboxylic acid groups (broad SMARTS) is 1. The molecule has 98 valence electrons. The van der Waals surface area contributed by atoms with E-state index in [2.05, 4.69) is 29.8 Å². The average Bonchev–Trinajstić information content (AvgIpc) is 3.08. The molecule has 0 heterocycles. The first kappa shape index (κ1) is 13.4. The zero-order valence-corrected chi connectivity index (χ0v) is 12.4. The van der Waals surface area contributed by atoms with E-state index in [0.717, 1.165) is 21.3 Å². The van der Waals surface area contributed by atoms with Crippen LogP contribution in [0.5, 0.6) is 5.75 Å². The zero-order chi connectivity index (χ0) is 13.5. The molecular formula is C14H17BrO3. The van der Waals surface area contributed by atoms with Crippen molar-refractivity contribution in [3.05, 3.63) is 27.7 Å². The van der Waals surface area contributed by atoms with Gasteiger partial charge in [0.15, 0.2) is 0 Å². The highest BCUT2D eigenvalue weighted by atomic mass is 79.9. The normalized spacial score (nSPS) is 16.7. The molecule has 1 N–H and O–H groups in total. The highest BCUT2D eigenvalue weighted by molar-refractivity contribution is 9.10. The van der Waals surface area contributed by atoms with Crippen molar-refractivity contribution in [1.82, 2.24) is 0 Å². The topological polar surface area (TPSA) is 46.5 Å². The van der Waals surface area contributed by atoms with Crippen LogP contribution in [0.3, 0.4) is 0 Å². The number of carbonyl (C=O) groups is 1. The lowest BCUT2D eigenvalue weighted by atomic mass is 9.86. The maximum absolute atomic E-state index is 11.5. The van der Waals surface area contributed by atoms with Crippen molar-refractivity contribution in [1.29, 1.82) is 0 Å². The first-order valence-electron chi connectivity index (χ1n) is 6.03. The number of rotatable bonds is 4. The minimum absolute atomic E-state index is 0.236. The third-order valence-corrected chi connectivity index (χ3v) is 4.04. The second-order valence-corrected chi connectivity index (χ2v) is 6.03. The largest absolute Gasteiger partial charge is 0.496 e. The van der Waals surface area contributed by atoms with Gasteiger partial charge in [-0.05, 0) is 36.5 Å². The number of hydrogen-bond donors (Lipinski definition) is 1. The molecule has 18 heavy (non-hydrogen) atoms. The van der Waals surface area contributed by atoms with Crippen LogP contribution in [0, 0.1) is 0 Å². The Morgan fingerprint density at radius 3 is 2.44 bits per heavy atom. The number of ether oxygens (including phenoxy) is 1. The number of benzene rings is 1. The lowest BCUT2D eigenvalue weighted by molar-refractivity contribution is -0.140. The van der Waals surface area contributed by atoms with Crippen LogP contribution in [0.25, 0.3) is 0 Å². The molecule has 3 nitrogen and oxygen atoms in total. The van der Waals surface area contributed by atoms with Crippen molar-refractivity contribution in [2.24, 2.45) is 0 Å². The summed E-state index contributed by atoms with van der Waals surface area (Å²) in [5.41, 5.74) is 1.22. The smallest absolute Gasteiger partial charge is 0.314 e. The molecule has 1 saturated carbocycles. The Morgan fingerprint density at radius 1 is 1.44 bits per heavy atom. The Kier molecular flexibility index (Phi) is 3.41. The van der Waals surface area contributed by atoms with E-state index in [-0.39, 0.29) is 5.92 Å². The summed E-state index contributed by atoms with van der Waals surface area (Å²) in [6.07, 6.45) is 1.42. The van der Waals surface area contributed by atoms with Crippen LogP contribution in [-0.2, 0) is 10.2 Å². The first-order valence-corrected chi connectivity index (χ1v) is 6.83. The Hall–Kier alpha value is -1.03. The summed E-state index contributed by atoms with van der Waals surface area (Å²) in [6, 6.07) is 3.83. The van der Waals surface area contributed by atoms with Crippen LogP contribution in [0.2, 0.25) is 0 Å². The Bertz CT molecular complexity index is 490. The summed E-state index contributed by atoms with van der Waals surface area (Å²) in [5, 5.41) is 9.46. The summed E-state index contributed by atoms with van der Waals surface area (Å²) in [7, 11) is 1.62. The van der Waals surface area contributed by atoms with Crippen LogP contribution in [0.15, 0.2) is 16.6 Å². The van der Waals surface area contributed by atoms with Crippen molar-refractivity contribution in [2.45, 2.75) is 38.0 Å². The molecule has 1 aliphatic carbocycles. The molecule has 0 aromatic heterocycles. The van der Waals surface area contributed by atoms with E-state index < -0.39 is 11.4 Å². The summed E-state index contributed by atoms with van der Waals surface area (Å²) >= 11 is 3.43. The Balaban J connectivity index is 2.66. The van der Waals surface area contributed by atoms with Crippen LogP contribution < -0.4 is 4.74 Å². The van der Waals surface area contributed by atoms with Gasteiger partial charge in [-0.2, -0.15) is 0 Å². The fraction of sp³-hybridized carbons (Fsp3) is 0.500. The van der Waals surface area contributed by atoms with Gasteiger partial charge >= 0.3 is 5.97 Å². The van der Waals surface area contributed by atoms with Gasteiger partial charge in [0.1, 0.15) is 5.75 Å². The molecule has 4 heteroatoms. The fourth-order valence-corrected chi connectivity index (χ4v) is 2.91. The average molecular weight is 313 g/mol. The van der Waals surface area contributed by atoms with Crippen molar-refractivity contribution >= 4 is 21.9 Å². The molecular weight excluding hydrogens is 296 g/mol. The van der Waals surface area contributed by atoms with Gasteiger partial charge in [-0.15, -0.1) is 0 Å². The van der Waals surface area contributed by atoms with Crippen molar-refractivity contribution in [3.8, 4) is 5.75 Å². The fourth-order valence-electron chi connectivity index (χ4n) is 2.48. The standard InChI is InChI=1S/C14H17BrO3/c1-8(2)12-10(14(4-5-14)13(16)17)6-9(15)7-11(12)18-3/h6-8H,4-5H2,1-3H3,(H,16,17). The Morgan fingerprint density at radius 2 is 2.06 bits per heavy atom. The summed E-state index contributed by atoms with van der Waals surface area (Å²) in [4.78, 5) is 11.5. The van der Waals surface area contributed by atoms with E-state index in [1.54, 1.807) is 7.11 Å². The number of aliphatic carboxylic acids is 1. The summed E-state index contributed by atoms with van der Waals surface area (Å²) < 4.78 is 6.27. The highest BCUT2D eigenvalue weighted by Crippen LogP contribution is 2.53. The Labute approximate surface area is 115 Å². The van der Waals surface area contributed by atoms with Gasteiger partial charge in [0.2, 0.25) is 0 Å². The molecule has 1 aliphatic rings. The van der Waals surface area contributed by atoms with Gasteiger partial charge in [0, 0.05) is 10.0 Å². The third kappa shape index (κ3) is 2.03. The van der Waals surface area contributed by atoms with Gasteiger partial charge in [0.05, 0.1) is 12.5 Å². The van der Waals surface area contributed by atoms with Gasteiger partial charge < -0.3 is 9.84 Å². The van der Waals surface area contributed by atoms with Crippen molar-refractivity contribution in [2.75, 3.05) is 7.11 Å². The lowest BCUT2D eigenvalue weighted by Crippen LogP contribution is -2.22. The van der Waals surface area contributed by atoms with Crippen molar-refractivity contribution < 1.29 is 14.6 Å². The predicted molar refractivity (Wildman–Crippen MR) is 73.3 cm³/mol. The van der Waals surface area contributed by atoms with Crippen LogP contribution >= 0.6 is 15.9 Å². The zero-order valence-electron chi connectivity index (χ0n) is 10.8. The van der Waals surface area contributed by atoms with Gasteiger partial charge in [-0.3, -0.25) is 4.79 Å². The van der Waals surface area contributed by atoms with E-state index in [1.165, 1.54) is 0 Å². The molecule has 2 rings (SSSR count). The van der Waals surface area contributed by atoms with Crippen LogP contribution in [-0.4, -0.2) is 18.2 Å². The second kappa shape index (κ2) is 4.57. The number of carboxylic acids is 1. The van der Waals surface area contributed by atoms with E-state index >= 15 is 0 Å². The molecule has 0 bridgehead atoms. The number of halogens is 1. The molecule has 0 atom stereocenters. The monoisotopic (exact) mass is 312 g/mol. The highest BCUT2D eigenvalue weighted by Gasteiger charge is 2.53. The van der Waals surface area contributed by atoms with E-state index in [9.17, 15) is 9.90 Å². The van der Waals surface area contributed by atoms with Gasteiger partial charge in [0.25, 0.3) is 0 Å². The molecule has 0 aliphatic heterocycles. The maximum Gasteiger partial charge on any atom is 0.314 e. The molecule has 0 spiro atoms. The second-order valence-electron chi connectivity index (χ2n) is 5.11. The first-order chi connectivity index (χ1) is 8.42. The van der Waals surface area contributed by atoms with Gasteiger partial charge in [-0.1, -0.05) is 29.8 Å². The van der Waals surface area contributed by atoms with Crippen LogP contribution in [0.1, 0.15) is 43.7 Å². The summed E-state index contributed by atoms with van der Waals surface area (Å²) in [5.74, 6) is 0.270. The predicted octanol–water partition coefficient (Wildman–Crippen LogP) is 3.70. The van der Waals surface area contributed by atoms with Gasteiger partial charge in [-0.25, -0.2) is 0 Å². The van der Waals surface area contributed by atoms with Crippen LogP contribution in [0.4, 0.5) is 0 Å². The molecule has 0 saturated heterocycles. The third-order valence-electron chi connectivity index (χ3n) is 3.58. The van der Waals surface area contributed by atoms with E-state index in [1.807, 2.05) is 12.1 Å². The minimum atomic E-state index is -0.732. The quantitative estimate of drug-likeness (QED) is 0.922. The molecule has 1 fully saturated rings. The molecule has 0 amide bonds. The number of methoxy groups -OCH3 is 1. The van der Waals surface area contributed by atoms with E-state index in [4.69, 9.17) is 4.74 Å². The molecule has 0 unspecified atom stereocenters. The van der Waals surface area contributed by atoms with E-state index in [0.29, 0.717) is 12.8 Å². The molecule has 0 radical (unpaired) electrons. The number of hydrogen-bond acceptors (Lipinski definition) is 2. The molecule has 1 aromatic carbocycles. The molecule has 1 aromatic rings. The SMILES string of the molecule is COc1cc(Br)cc(C2(C(=O)O)CC2)c1C(C)C. The summed E-state index contributed by atoms with van der Waals surface area (Å²) in [6.45, 7) is 4.13. The maximum atomic E-state index is 11.5. The van der Waals surface area contributed by atoms with Crippen molar-refractivity contribution in [3.63, 3.8) is 0 Å². The lowest BCUT2D eigenvalue weighted by Gasteiger charge is -2.21. The minimum Gasteiger partial charge on any atom is -0.496 e.